The second-order valence-corrected chi connectivity index (χ2v) is 3.87. The second kappa shape index (κ2) is 4.91. The van der Waals surface area contributed by atoms with Gasteiger partial charge in [0.25, 0.3) is 0 Å². The molecule has 0 aliphatic carbocycles. The van der Waals surface area contributed by atoms with Crippen molar-refractivity contribution in [2.75, 3.05) is 11.9 Å². The predicted molar refractivity (Wildman–Crippen MR) is 64.2 cm³/mol. The van der Waals surface area contributed by atoms with Crippen LogP contribution in [0.15, 0.2) is 41.0 Å². The molecule has 1 aromatic carbocycles. The number of carboxylic acids is 1. The van der Waals surface area contributed by atoms with E-state index in [0.717, 1.165) is 0 Å². The van der Waals surface area contributed by atoms with Crippen LogP contribution in [0.4, 0.5) is 10.1 Å². The quantitative estimate of drug-likeness (QED) is 0.905. The lowest BCUT2D eigenvalue weighted by Crippen LogP contribution is -2.18. The molecule has 5 heteroatoms. The molecule has 2 aromatic rings. The zero-order valence-corrected chi connectivity index (χ0v) is 9.76. The molecule has 0 atom stereocenters. The summed E-state index contributed by atoms with van der Waals surface area (Å²) in [7, 11) is 1.67. The Morgan fingerprint density at radius 3 is 2.78 bits per heavy atom. The van der Waals surface area contributed by atoms with Gasteiger partial charge in [-0.25, -0.2) is 9.18 Å². The number of hydrogen-bond donors (Lipinski definition) is 1. The maximum absolute atomic E-state index is 13.5. The van der Waals surface area contributed by atoms with Crippen LogP contribution in [-0.2, 0) is 6.54 Å². The molecule has 1 heterocycles. The van der Waals surface area contributed by atoms with E-state index >= 15 is 0 Å². The molecule has 0 saturated carbocycles. The van der Waals surface area contributed by atoms with Gasteiger partial charge in [-0.3, -0.25) is 0 Å². The average Bonchev–Trinajstić information content (AvgIpc) is 2.77. The standard InChI is InChI=1S/C13H12FNO3/c1-15(11-5-3-2-4-10(11)14)8-12-9(13(16)17)6-7-18-12/h2-7H,8H2,1H3,(H,16,17). The molecule has 0 unspecified atom stereocenters. The maximum atomic E-state index is 13.5. The molecular weight excluding hydrogens is 237 g/mol. The molecule has 0 saturated heterocycles. The number of benzene rings is 1. The Morgan fingerprint density at radius 2 is 2.11 bits per heavy atom. The number of para-hydroxylation sites is 1. The fourth-order valence-corrected chi connectivity index (χ4v) is 1.72. The molecule has 0 spiro atoms. The number of halogens is 1. The van der Waals surface area contributed by atoms with Gasteiger partial charge in [0.1, 0.15) is 17.1 Å². The van der Waals surface area contributed by atoms with Crippen molar-refractivity contribution in [2.24, 2.45) is 0 Å². The fraction of sp³-hybridized carbons (Fsp3) is 0.154. The topological polar surface area (TPSA) is 53.7 Å². The van der Waals surface area contributed by atoms with Crippen LogP contribution >= 0.6 is 0 Å². The van der Waals surface area contributed by atoms with Crippen molar-refractivity contribution in [2.45, 2.75) is 6.54 Å². The van der Waals surface area contributed by atoms with Crippen LogP contribution < -0.4 is 4.90 Å². The molecule has 94 valence electrons. The number of furan rings is 1. The van der Waals surface area contributed by atoms with Gasteiger partial charge in [0, 0.05) is 7.05 Å². The molecule has 0 bridgehead atoms. The normalized spacial score (nSPS) is 10.3. The van der Waals surface area contributed by atoms with Gasteiger partial charge in [-0.05, 0) is 18.2 Å². The van der Waals surface area contributed by atoms with Crippen LogP contribution in [0.1, 0.15) is 16.1 Å². The van der Waals surface area contributed by atoms with Gasteiger partial charge in [0.15, 0.2) is 0 Å². The van der Waals surface area contributed by atoms with Gasteiger partial charge in [-0.2, -0.15) is 0 Å². The molecule has 0 aliphatic heterocycles. The van der Waals surface area contributed by atoms with E-state index in [0.29, 0.717) is 11.4 Å². The number of carbonyl (C=O) groups is 1. The van der Waals surface area contributed by atoms with E-state index in [2.05, 4.69) is 0 Å². The van der Waals surface area contributed by atoms with E-state index in [1.54, 1.807) is 30.1 Å². The first-order valence-electron chi connectivity index (χ1n) is 5.35. The Balaban J connectivity index is 2.22. The number of nitrogens with zero attached hydrogens (tertiary/aromatic N) is 1. The number of anilines is 1. The van der Waals surface area contributed by atoms with Gasteiger partial charge in [-0.1, -0.05) is 12.1 Å². The minimum Gasteiger partial charge on any atom is -0.478 e. The number of carboxylic acid groups (broad SMARTS) is 1. The van der Waals surface area contributed by atoms with Crippen LogP contribution in [0, 0.1) is 5.82 Å². The third-order valence-corrected chi connectivity index (χ3v) is 2.62. The van der Waals surface area contributed by atoms with Gasteiger partial charge in [0.05, 0.1) is 18.5 Å². The Bertz CT molecular complexity index is 565. The van der Waals surface area contributed by atoms with Crippen molar-refractivity contribution >= 4 is 11.7 Å². The van der Waals surface area contributed by atoms with E-state index in [1.807, 2.05) is 0 Å². The largest absolute Gasteiger partial charge is 0.478 e. The molecule has 0 amide bonds. The first kappa shape index (κ1) is 12.2. The van der Waals surface area contributed by atoms with E-state index in [1.165, 1.54) is 18.4 Å². The van der Waals surface area contributed by atoms with Gasteiger partial charge >= 0.3 is 5.97 Å². The Kier molecular flexibility index (Phi) is 3.32. The zero-order valence-electron chi connectivity index (χ0n) is 9.76. The summed E-state index contributed by atoms with van der Waals surface area (Å²) in [5.74, 6) is -1.11. The van der Waals surface area contributed by atoms with Crippen LogP contribution in [0.5, 0.6) is 0 Å². The summed E-state index contributed by atoms with van der Waals surface area (Å²) in [4.78, 5) is 12.5. The molecule has 0 radical (unpaired) electrons. The predicted octanol–water partition coefficient (Wildman–Crippen LogP) is 2.75. The molecule has 18 heavy (non-hydrogen) atoms. The lowest BCUT2D eigenvalue weighted by molar-refractivity contribution is 0.0694. The van der Waals surface area contributed by atoms with Crippen LogP contribution in [-0.4, -0.2) is 18.1 Å². The van der Waals surface area contributed by atoms with Crippen molar-refractivity contribution in [3.05, 3.63) is 53.7 Å². The van der Waals surface area contributed by atoms with Gasteiger partial charge < -0.3 is 14.4 Å². The minimum absolute atomic E-state index is 0.0955. The third kappa shape index (κ3) is 2.34. The first-order valence-corrected chi connectivity index (χ1v) is 5.35. The molecule has 1 N–H and O–H groups in total. The van der Waals surface area contributed by atoms with E-state index in [9.17, 15) is 9.18 Å². The molecule has 2 rings (SSSR count). The van der Waals surface area contributed by atoms with Crippen molar-refractivity contribution in [1.29, 1.82) is 0 Å². The highest BCUT2D eigenvalue weighted by Gasteiger charge is 2.16. The maximum Gasteiger partial charge on any atom is 0.339 e. The Morgan fingerprint density at radius 1 is 1.39 bits per heavy atom. The number of hydrogen-bond acceptors (Lipinski definition) is 3. The van der Waals surface area contributed by atoms with Crippen molar-refractivity contribution < 1.29 is 18.7 Å². The lowest BCUT2D eigenvalue weighted by atomic mass is 10.2. The molecule has 1 aromatic heterocycles. The monoisotopic (exact) mass is 249 g/mol. The number of rotatable bonds is 4. The Labute approximate surface area is 103 Å². The zero-order chi connectivity index (χ0) is 13.1. The van der Waals surface area contributed by atoms with Crippen LogP contribution in [0.2, 0.25) is 0 Å². The minimum atomic E-state index is -1.05. The summed E-state index contributed by atoms with van der Waals surface area (Å²) in [6.07, 6.45) is 1.31. The summed E-state index contributed by atoms with van der Waals surface area (Å²) in [5, 5.41) is 8.94. The lowest BCUT2D eigenvalue weighted by Gasteiger charge is -2.18. The van der Waals surface area contributed by atoms with E-state index in [4.69, 9.17) is 9.52 Å². The SMILES string of the molecule is CN(Cc1occc1C(=O)O)c1ccccc1F. The highest BCUT2D eigenvalue weighted by molar-refractivity contribution is 5.88. The van der Waals surface area contributed by atoms with E-state index in [-0.39, 0.29) is 17.9 Å². The third-order valence-electron chi connectivity index (χ3n) is 2.62. The van der Waals surface area contributed by atoms with Crippen molar-refractivity contribution in [3.63, 3.8) is 0 Å². The molecular formula is C13H12FNO3. The fourth-order valence-electron chi connectivity index (χ4n) is 1.72. The average molecular weight is 249 g/mol. The van der Waals surface area contributed by atoms with Crippen LogP contribution in [0.3, 0.4) is 0 Å². The smallest absolute Gasteiger partial charge is 0.339 e. The summed E-state index contributed by atoms with van der Waals surface area (Å²) in [6, 6.07) is 7.68. The molecule has 0 fully saturated rings. The Hall–Kier alpha value is -2.30. The molecule has 4 nitrogen and oxygen atoms in total. The van der Waals surface area contributed by atoms with Crippen molar-refractivity contribution in [3.8, 4) is 0 Å². The molecule has 0 aliphatic rings. The summed E-state index contributed by atoms with van der Waals surface area (Å²) >= 11 is 0. The summed E-state index contributed by atoms with van der Waals surface area (Å²) in [5.41, 5.74) is 0.489. The van der Waals surface area contributed by atoms with Crippen LogP contribution in [0.25, 0.3) is 0 Å². The number of aromatic carboxylic acids is 1. The first-order chi connectivity index (χ1) is 8.59. The summed E-state index contributed by atoms with van der Waals surface area (Å²) < 4.78 is 18.7. The van der Waals surface area contributed by atoms with Crippen molar-refractivity contribution in [1.82, 2.24) is 0 Å². The van der Waals surface area contributed by atoms with Gasteiger partial charge in [0.2, 0.25) is 0 Å². The van der Waals surface area contributed by atoms with Gasteiger partial charge in [-0.15, -0.1) is 0 Å². The second-order valence-electron chi connectivity index (χ2n) is 3.87. The van der Waals surface area contributed by atoms with E-state index < -0.39 is 5.97 Å². The summed E-state index contributed by atoms with van der Waals surface area (Å²) in [6.45, 7) is 0.190. The highest BCUT2D eigenvalue weighted by atomic mass is 19.1. The highest BCUT2D eigenvalue weighted by Crippen LogP contribution is 2.21.